The van der Waals surface area contributed by atoms with Gasteiger partial charge in [-0.15, -0.1) is 0 Å². The van der Waals surface area contributed by atoms with Gasteiger partial charge in [0.1, 0.15) is 0 Å². The van der Waals surface area contributed by atoms with Crippen molar-refractivity contribution in [3.63, 3.8) is 0 Å². The third-order valence-electron chi connectivity index (χ3n) is 5.48. The summed E-state index contributed by atoms with van der Waals surface area (Å²) in [5, 5.41) is 8.22. The van der Waals surface area contributed by atoms with Crippen LogP contribution in [0.3, 0.4) is 0 Å². The first-order valence-corrected chi connectivity index (χ1v) is 9.90. The number of hydrogen-bond acceptors (Lipinski definition) is 5. The van der Waals surface area contributed by atoms with Gasteiger partial charge in [0.15, 0.2) is 6.73 Å². The Bertz CT molecular complexity index is 870. The van der Waals surface area contributed by atoms with Gasteiger partial charge in [0.25, 0.3) is 5.91 Å². The smallest absolute Gasteiger partial charge is 0.411 e. The number of nitrogens with one attached hydrogen (secondary N) is 1. The monoisotopic (exact) mass is 386 g/mol. The maximum atomic E-state index is 12.5. The summed E-state index contributed by atoms with van der Waals surface area (Å²) >= 11 is 0. The van der Waals surface area contributed by atoms with E-state index >= 15 is 0 Å². The Labute approximate surface area is 163 Å². The number of fused-ring (bicyclic) bond motifs is 1. The van der Waals surface area contributed by atoms with Gasteiger partial charge in [-0.1, -0.05) is 0 Å². The number of hydrogen-bond donors (Lipinski definition) is 1. The number of carbonyl (C=O) groups is 2. The highest BCUT2D eigenvalue weighted by Gasteiger charge is 2.22. The molecule has 2 aromatic rings. The maximum absolute atomic E-state index is 12.5. The molecule has 0 unspecified atom stereocenters. The number of rotatable bonds is 7. The van der Waals surface area contributed by atoms with E-state index in [2.05, 4.69) is 10.4 Å². The molecular formula is C20H26N4O4. The lowest BCUT2D eigenvalue weighted by Crippen LogP contribution is -2.42. The molecule has 1 aliphatic heterocycles. The van der Waals surface area contributed by atoms with Gasteiger partial charge < -0.3 is 19.7 Å². The Balaban J connectivity index is 1.35. The number of amides is 2. The molecule has 4 rings (SSSR count). The van der Waals surface area contributed by atoms with Crippen molar-refractivity contribution < 1.29 is 19.1 Å². The van der Waals surface area contributed by atoms with E-state index in [0.717, 1.165) is 48.8 Å². The molecule has 8 heteroatoms. The summed E-state index contributed by atoms with van der Waals surface area (Å²) in [6.45, 7) is 4.51. The van der Waals surface area contributed by atoms with Crippen molar-refractivity contribution in [1.29, 1.82) is 0 Å². The van der Waals surface area contributed by atoms with E-state index in [1.54, 1.807) is 15.6 Å². The van der Waals surface area contributed by atoms with E-state index in [1.807, 2.05) is 19.2 Å². The van der Waals surface area contributed by atoms with Gasteiger partial charge in [0.05, 0.1) is 18.2 Å². The summed E-state index contributed by atoms with van der Waals surface area (Å²) in [6.07, 6.45) is 6.38. The van der Waals surface area contributed by atoms with Crippen molar-refractivity contribution in [1.82, 2.24) is 20.0 Å². The van der Waals surface area contributed by atoms with E-state index in [-0.39, 0.29) is 18.7 Å². The minimum absolute atomic E-state index is 0.0590. The highest BCUT2D eigenvalue weighted by molar-refractivity contribution is 6.00. The predicted molar refractivity (Wildman–Crippen MR) is 103 cm³/mol. The van der Waals surface area contributed by atoms with E-state index in [9.17, 15) is 9.59 Å². The molecule has 0 spiro atoms. The Morgan fingerprint density at radius 3 is 2.75 bits per heavy atom. The summed E-state index contributed by atoms with van der Waals surface area (Å²) in [7, 11) is 0. The molecule has 28 heavy (non-hydrogen) atoms. The van der Waals surface area contributed by atoms with Crippen LogP contribution in [0.2, 0.25) is 0 Å². The van der Waals surface area contributed by atoms with Crippen molar-refractivity contribution in [3.8, 4) is 0 Å². The Morgan fingerprint density at radius 2 is 2.07 bits per heavy atom. The van der Waals surface area contributed by atoms with Crippen LogP contribution in [0.15, 0.2) is 18.3 Å². The zero-order chi connectivity index (χ0) is 19.5. The molecule has 1 saturated heterocycles. The molecule has 1 aliphatic carbocycles. The fourth-order valence-corrected chi connectivity index (χ4v) is 3.33. The lowest BCUT2D eigenvalue weighted by Gasteiger charge is -2.29. The van der Waals surface area contributed by atoms with Crippen LogP contribution in [0.4, 0.5) is 4.79 Å². The molecule has 0 radical (unpaired) electrons. The van der Waals surface area contributed by atoms with Crippen molar-refractivity contribution in [2.45, 2.75) is 45.4 Å². The quantitative estimate of drug-likeness (QED) is 0.739. The summed E-state index contributed by atoms with van der Waals surface area (Å²) in [5.74, 6) is -0.117. The minimum atomic E-state index is -0.313. The maximum Gasteiger partial charge on any atom is 0.411 e. The second-order valence-electron chi connectivity index (χ2n) is 7.40. The number of carbonyl (C=O) groups excluding carboxylic acids is 2. The van der Waals surface area contributed by atoms with Gasteiger partial charge in [-0.05, 0) is 50.3 Å². The highest BCUT2D eigenvalue weighted by atomic mass is 16.6. The van der Waals surface area contributed by atoms with Crippen LogP contribution in [-0.4, -0.2) is 59.0 Å². The van der Waals surface area contributed by atoms with Crippen LogP contribution in [0.1, 0.15) is 41.6 Å². The summed E-state index contributed by atoms with van der Waals surface area (Å²) < 4.78 is 12.5. The van der Waals surface area contributed by atoms with Gasteiger partial charge in [-0.2, -0.15) is 5.10 Å². The van der Waals surface area contributed by atoms with Crippen LogP contribution < -0.4 is 5.32 Å². The largest absolute Gasteiger partial charge is 0.426 e. The molecule has 150 valence electrons. The zero-order valence-electron chi connectivity index (χ0n) is 16.1. The molecule has 1 saturated carbocycles. The number of aryl methyl sites for hydroxylation is 1. The molecule has 1 aromatic carbocycles. The molecule has 2 aliphatic rings. The third-order valence-corrected chi connectivity index (χ3v) is 5.48. The molecule has 2 fully saturated rings. The van der Waals surface area contributed by atoms with E-state index < -0.39 is 0 Å². The van der Waals surface area contributed by atoms with E-state index in [0.29, 0.717) is 24.8 Å². The van der Waals surface area contributed by atoms with Crippen LogP contribution in [0, 0.1) is 6.92 Å². The first-order chi connectivity index (χ1) is 13.6. The normalized spacial score (nSPS) is 16.5. The van der Waals surface area contributed by atoms with Gasteiger partial charge in [0, 0.05) is 36.8 Å². The molecular weight excluding hydrogens is 360 g/mol. The van der Waals surface area contributed by atoms with Crippen LogP contribution in [0.25, 0.3) is 10.9 Å². The number of benzene rings is 1. The second-order valence-corrected chi connectivity index (χ2v) is 7.40. The lowest BCUT2D eigenvalue weighted by atomic mass is 9.96. The van der Waals surface area contributed by atoms with Crippen LogP contribution in [0.5, 0.6) is 0 Å². The minimum Gasteiger partial charge on any atom is -0.426 e. The molecule has 1 aromatic heterocycles. The van der Waals surface area contributed by atoms with Gasteiger partial charge >= 0.3 is 6.09 Å². The number of likely N-dealkylation sites (tertiary alicyclic amines) is 1. The van der Waals surface area contributed by atoms with E-state index in [1.165, 1.54) is 6.42 Å². The molecule has 2 amide bonds. The predicted octanol–water partition coefficient (Wildman–Crippen LogP) is 2.44. The first-order valence-electron chi connectivity index (χ1n) is 9.90. The Kier molecular flexibility index (Phi) is 5.47. The van der Waals surface area contributed by atoms with Crippen LogP contribution in [-0.2, 0) is 16.2 Å². The number of aromatic nitrogens is 2. The fraction of sp³-hybridized carbons (Fsp3) is 0.550. The van der Waals surface area contributed by atoms with Crippen molar-refractivity contribution in [2.24, 2.45) is 0 Å². The summed E-state index contributed by atoms with van der Waals surface area (Å²) in [6, 6.07) is 3.60. The molecule has 0 bridgehead atoms. The average molecular weight is 386 g/mol. The average Bonchev–Trinajstić information content (AvgIpc) is 3.01. The number of nitrogens with zero attached hydrogens (tertiary/aromatic N) is 3. The van der Waals surface area contributed by atoms with Crippen molar-refractivity contribution in [2.75, 3.05) is 26.2 Å². The molecule has 1 N–H and O–H groups in total. The highest BCUT2D eigenvalue weighted by Crippen LogP contribution is 2.22. The van der Waals surface area contributed by atoms with Crippen LogP contribution >= 0.6 is 0 Å². The molecule has 8 nitrogen and oxygen atoms in total. The van der Waals surface area contributed by atoms with Gasteiger partial charge in [-0.3, -0.25) is 4.79 Å². The first kappa shape index (κ1) is 18.7. The van der Waals surface area contributed by atoms with Gasteiger partial charge in [-0.25, -0.2) is 9.48 Å². The lowest BCUT2D eigenvalue weighted by molar-refractivity contribution is 0.00440. The summed E-state index contributed by atoms with van der Waals surface area (Å²) in [5.41, 5.74) is 2.24. The fourth-order valence-electron chi connectivity index (χ4n) is 3.33. The molecule has 0 atom stereocenters. The topological polar surface area (TPSA) is 85.7 Å². The number of ether oxygens (including phenoxy) is 2. The van der Waals surface area contributed by atoms with Crippen molar-refractivity contribution >= 4 is 22.9 Å². The zero-order valence-corrected chi connectivity index (χ0v) is 16.1. The Morgan fingerprint density at radius 1 is 1.25 bits per heavy atom. The van der Waals surface area contributed by atoms with E-state index in [4.69, 9.17) is 9.47 Å². The standard InChI is InChI=1S/C20H26N4O4/c1-14-16(19(25)21-8-11-27-15-4-2-5-15)6-7-18-17(14)12-24(22-18)13-28-20(26)23-9-3-10-23/h6-7,12,15H,2-5,8-11,13H2,1H3,(H,21,25). The summed E-state index contributed by atoms with van der Waals surface area (Å²) in [4.78, 5) is 26.0. The Hall–Kier alpha value is -2.61. The second kappa shape index (κ2) is 8.18. The SMILES string of the molecule is Cc1c(C(=O)NCCOC2CCC2)ccc2nn(COC(=O)N3CCC3)cc12. The van der Waals surface area contributed by atoms with Crippen molar-refractivity contribution in [3.05, 3.63) is 29.5 Å². The molecule has 2 heterocycles. The van der Waals surface area contributed by atoms with Gasteiger partial charge in [0.2, 0.25) is 0 Å². The third kappa shape index (κ3) is 3.96.